The number of aryl methyl sites for hydroxylation is 1. The molecule has 2 aromatic carbocycles. The zero-order valence-electron chi connectivity index (χ0n) is 13.8. The summed E-state index contributed by atoms with van der Waals surface area (Å²) in [6.07, 6.45) is 0.884. The SMILES string of the molecule is COc1ccc(CCNCC(=O)NCc2ccc(C)cc2)cc1. The topological polar surface area (TPSA) is 50.4 Å². The fourth-order valence-corrected chi connectivity index (χ4v) is 2.20. The fourth-order valence-electron chi connectivity index (χ4n) is 2.20. The first-order chi connectivity index (χ1) is 11.2. The van der Waals surface area contributed by atoms with Crippen LogP contribution in [0.15, 0.2) is 48.5 Å². The van der Waals surface area contributed by atoms with Gasteiger partial charge >= 0.3 is 0 Å². The van der Waals surface area contributed by atoms with E-state index in [-0.39, 0.29) is 5.91 Å². The summed E-state index contributed by atoms with van der Waals surface area (Å²) in [6.45, 7) is 3.72. The molecule has 23 heavy (non-hydrogen) atoms. The van der Waals surface area contributed by atoms with E-state index in [9.17, 15) is 4.79 Å². The van der Waals surface area contributed by atoms with E-state index in [4.69, 9.17) is 4.74 Å². The van der Waals surface area contributed by atoms with Crippen LogP contribution >= 0.6 is 0 Å². The molecule has 0 bridgehead atoms. The Kier molecular flexibility index (Phi) is 6.63. The van der Waals surface area contributed by atoms with E-state index < -0.39 is 0 Å². The quantitative estimate of drug-likeness (QED) is 0.736. The van der Waals surface area contributed by atoms with E-state index >= 15 is 0 Å². The highest BCUT2D eigenvalue weighted by Gasteiger charge is 2.01. The van der Waals surface area contributed by atoms with Crippen LogP contribution in [0, 0.1) is 6.92 Å². The number of amides is 1. The lowest BCUT2D eigenvalue weighted by Crippen LogP contribution is -2.34. The average Bonchev–Trinajstić information content (AvgIpc) is 2.59. The van der Waals surface area contributed by atoms with Crippen LogP contribution in [0.1, 0.15) is 16.7 Å². The largest absolute Gasteiger partial charge is 0.497 e. The zero-order chi connectivity index (χ0) is 16.5. The Morgan fingerprint density at radius 1 is 1.00 bits per heavy atom. The van der Waals surface area contributed by atoms with Crippen LogP contribution in [0.5, 0.6) is 5.75 Å². The molecule has 0 heterocycles. The molecule has 0 unspecified atom stereocenters. The van der Waals surface area contributed by atoms with Crippen molar-refractivity contribution < 1.29 is 9.53 Å². The molecule has 122 valence electrons. The van der Waals surface area contributed by atoms with Crippen molar-refractivity contribution in [1.29, 1.82) is 0 Å². The highest BCUT2D eigenvalue weighted by Crippen LogP contribution is 2.11. The lowest BCUT2D eigenvalue weighted by Gasteiger charge is -2.08. The first-order valence-corrected chi connectivity index (χ1v) is 7.83. The second-order valence-corrected chi connectivity index (χ2v) is 5.54. The van der Waals surface area contributed by atoms with Crippen molar-refractivity contribution in [3.8, 4) is 5.75 Å². The molecule has 2 rings (SSSR count). The van der Waals surface area contributed by atoms with Gasteiger partial charge in [0.1, 0.15) is 5.75 Å². The molecule has 0 aliphatic rings. The third-order valence-corrected chi connectivity index (χ3v) is 3.65. The second-order valence-electron chi connectivity index (χ2n) is 5.54. The van der Waals surface area contributed by atoms with E-state index in [1.54, 1.807) is 7.11 Å². The minimum absolute atomic E-state index is 0.0142. The first kappa shape index (κ1) is 17.0. The van der Waals surface area contributed by atoms with Gasteiger partial charge in [-0.1, -0.05) is 42.0 Å². The monoisotopic (exact) mass is 312 g/mol. The van der Waals surface area contributed by atoms with Gasteiger partial charge in [0.15, 0.2) is 0 Å². The first-order valence-electron chi connectivity index (χ1n) is 7.83. The predicted molar refractivity (Wildman–Crippen MR) is 92.6 cm³/mol. The average molecular weight is 312 g/mol. The number of methoxy groups -OCH3 is 1. The molecule has 0 aliphatic carbocycles. The number of ether oxygens (including phenoxy) is 1. The zero-order valence-corrected chi connectivity index (χ0v) is 13.8. The number of hydrogen-bond donors (Lipinski definition) is 2. The Labute approximate surface area is 137 Å². The van der Waals surface area contributed by atoms with Crippen LogP contribution in [0.3, 0.4) is 0 Å². The van der Waals surface area contributed by atoms with Crippen molar-refractivity contribution in [3.05, 3.63) is 65.2 Å². The molecule has 2 aromatic rings. The molecule has 0 atom stereocenters. The van der Waals surface area contributed by atoms with Gasteiger partial charge in [0.25, 0.3) is 0 Å². The summed E-state index contributed by atoms with van der Waals surface area (Å²) in [7, 11) is 1.66. The van der Waals surface area contributed by atoms with Gasteiger partial charge in [-0.05, 0) is 43.1 Å². The van der Waals surface area contributed by atoms with Gasteiger partial charge in [0.2, 0.25) is 5.91 Å². The van der Waals surface area contributed by atoms with E-state index in [0.29, 0.717) is 13.1 Å². The summed E-state index contributed by atoms with van der Waals surface area (Å²) in [4.78, 5) is 11.8. The van der Waals surface area contributed by atoms with Gasteiger partial charge in [0.05, 0.1) is 13.7 Å². The Balaban J connectivity index is 1.61. The van der Waals surface area contributed by atoms with Crippen molar-refractivity contribution in [1.82, 2.24) is 10.6 Å². The fraction of sp³-hybridized carbons (Fsp3) is 0.316. The normalized spacial score (nSPS) is 10.3. The highest BCUT2D eigenvalue weighted by molar-refractivity contribution is 5.77. The molecule has 0 saturated heterocycles. The minimum Gasteiger partial charge on any atom is -0.497 e. The van der Waals surface area contributed by atoms with E-state index in [1.165, 1.54) is 11.1 Å². The Bertz CT molecular complexity index is 606. The lowest BCUT2D eigenvalue weighted by atomic mass is 10.1. The number of rotatable bonds is 8. The summed E-state index contributed by atoms with van der Waals surface area (Å²) in [5, 5.41) is 6.08. The van der Waals surface area contributed by atoms with Crippen LogP contribution in [0.4, 0.5) is 0 Å². The van der Waals surface area contributed by atoms with Gasteiger partial charge in [-0.15, -0.1) is 0 Å². The van der Waals surface area contributed by atoms with Crippen molar-refractivity contribution in [2.45, 2.75) is 19.9 Å². The van der Waals surface area contributed by atoms with Crippen molar-refractivity contribution in [3.63, 3.8) is 0 Å². The third kappa shape index (κ3) is 6.12. The minimum atomic E-state index is 0.0142. The Hall–Kier alpha value is -2.33. The van der Waals surface area contributed by atoms with E-state index in [0.717, 1.165) is 24.3 Å². The van der Waals surface area contributed by atoms with Gasteiger partial charge in [-0.3, -0.25) is 4.79 Å². The number of benzene rings is 2. The molecular weight excluding hydrogens is 288 g/mol. The molecule has 0 saturated carbocycles. The Morgan fingerprint density at radius 3 is 2.30 bits per heavy atom. The van der Waals surface area contributed by atoms with E-state index in [2.05, 4.69) is 29.7 Å². The molecule has 4 nitrogen and oxygen atoms in total. The van der Waals surface area contributed by atoms with Crippen LogP contribution < -0.4 is 15.4 Å². The maximum atomic E-state index is 11.8. The van der Waals surface area contributed by atoms with Gasteiger partial charge in [-0.2, -0.15) is 0 Å². The number of hydrogen-bond acceptors (Lipinski definition) is 3. The van der Waals surface area contributed by atoms with Crippen LogP contribution in [0.2, 0.25) is 0 Å². The molecule has 4 heteroatoms. The van der Waals surface area contributed by atoms with Gasteiger partial charge < -0.3 is 15.4 Å². The van der Waals surface area contributed by atoms with Crippen LogP contribution in [-0.2, 0) is 17.8 Å². The third-order valence-electron chi connectivity index (χ3n) is 3.65. The van der Waals surface area contributed by atoms with Gasteiger partial charge in [-0.25, -0.2) is 0 Å². The molecule has 0 fully saturated rings. The van der Waals surface area contributed by atoms with E-state index in [1.807, 2.05) is 36.4 Å². The molecule has 0 aromatic heterocycles. The molecular formula is C19H24N2O2. The molecule has 0 aliphatic heterocycles. The number of carbonyl (C=O) groups excluding carboxylic acids is 1. The summed E-state index contributed by atoms with van der Waals surface area (Å²) < 4.78 is 5.13. The number of nitrogens with one attached hydrogen (secondary N) is 2. The van der Waals surface area contributed by atoms with Crippen molar-refractivity contribution in [2.75, 3.05) is 20.2 Å². The maximum absolute atomic E-state index is 11.8. The second kappa shape index (κ2) is 8.96. The summed E-state index contributed by atoms with van der Waals surface area (Å²) in [5.74, 6) is 0.873. The molecule has 2 N–H and O–H groups in total. The molecule has 0 spiro atoms. The summed E-state index contributed by atoms with van der Waals surface area (Å²) in [5.41, 5.74) is 3.56. The highest BCUT2D eigenvalue weighted by atomic mass is 16.5. The predicted octanol–water partition coefficient (Wildman–Crippen LogP) is 2.45. The standard InChI is InChI=1S/C19H24N2O2/c1-15-3-5-17(6-4-15)13-21-19(22)14-20-12-11-16-7-9-18(23-2)10-8-16/h3-10,20H,11-14H2,1-2H3,(H,21,22). The van der Waals surface area contributed by atoms with Crippen LogP contribution in [0.25, 0.3) is 0 Å². The van der Waals surface area contributed by atoms with Crippen molar-refractivity contribution in [2.24, 2.45) is 0 Å². The van der Waals surface area contributed by atoms with Gasteiger partial charge in [0, 0.05) is 6.54 Å². The smallest absolute Gasteiger partial charge is 0.234 e. The summed E-state index contributed by atoms with van der Waals surface area (Å²) in [6, 6.07) is 16.1. The van der Waals surface area contributed by atoms with Crippen LogP contribution in [-0.4, -0.2) is 26.1 Å². The van der Waals surface area contributed by atoms with Crippen molar-refractivity contribution >= 4 is 5.91 Å². The number of carbonyl (C=O) groups is 1. The molecule has 1 amide bonds. The summed E-state index contributed by atoms with van der Waals surface area (Å²) >= 11 is 0. The molecule has 0 radical (unpaired) electrons. The maximum Gasteiger partial charge on any atom is 0.234 e. The lowest BCUT2D eigenvalue weighted by molar-refractivity contribution is -0.120. The Morgan fingerprint density at radius 2 is 1.65 bits per heavy atom.